The highest BCUT2D eigenvalue weighted by Crippen LogP contribution is 2.22. The van der Waals surface area contributed by atoms with E-state index < -0.39 is 0 Å². The molecule has 0 amide bonds. The summed E-state index contributed by atoms with van der Waals surface area (Å²) in [4.78, 5) is 19.5. The SMILES string of the molecule is c1cncc(-c2ncc3c(n2)CN(Cc2cc4ccccc4[nH]2)CC3)c1. The monoisotopic (exact) mass is 341 g/mol. The third-order valence-electron chi connectivity index (χ3n) is 4.92. The summed E-state index contributed by atoms with van der Waals surface area (Å²) in [5.41, 5.74) is 5.78. The fraction of sp³-hybridized carbons (Fsp3) is 0.190. The first-order valence-corrected chi connectivity index (χ1v) is 8.89. The molecule has 3 aromatic heterocycles. The number of hydrogen-bond donors (Lipinski definition) is 1. The lowest BCUT2D eigenvalue weighted by atomic mass is 10.1. The molecule has 5 rings (SSSR count). The Morgan fingerprint density at radius 2 is 2.04 bits per heavy atom. The van der Waals surface area contributed by atoms with Crippen molar-refractivity contribution in [3.63, 3.8) is 0 Å². The topological polar surface area (TPSA) is 57.7 Å². The second-order valence-corrected chi connectivity index (χ2v) is 6.75. The van der Waals surface area contributed by atoms with Gasteiger partial charge in [-0.1, -0.05) is 18.2 Å². The smallest absolute Gasteiger partial charge is 0.160 e. The van der Waals surface area contributed by atoms with Crippen LogP contribution in [0.25, 0.3) is 22.3 Å². The molecule has 0 saturated heterocycles. The van der Waals surface area contributed by atoms with E-state index in [1.807, 2.05) is 24.5 Å². The first-order chi connectivity index (χ1) is 12.8. The molecule has 1 N–H and O–H groups in total. The van der Waals surface area contributed by atoms with Gasteiger partial charge in [-0.15, -0.1) is 0 Å². The number of para-hydroxylation sites is 1. The predicted octanol–water partition coefficient (Wildman–Crippen LogP) is 3.58. The number of H-pyrrole nitrogens is 1. The van der Waals surface area contributed by atoms with Gasteiger partial charge in [0, 0.05) is 55.0 Å². The highest BCUT2D eigenvalue weighted by atomic mass is 15.1. The molecule has 0 aliphatic carbocycles. The summed E-state index contributed by atoms with van der Waals surface area (Å²) in [6, 6.07) is 14.6. The van der Waals surface area contributed by atoms with Crippen molar-refractivity contribution < 1.29 is 0 Å². The fourth-order valence-corrected chi connectivity index (χ4v) is 3.59. The third-order valence-corrected chi connectivity index (χ3v) is 4.92. The minimum Gasteiger partial charge on any atom is -0.357 e. The summed E-state index contributed by atoms with van der Waals surface area (Å²) in [7, 11) is 0. The van der Waals surface area contributed by atoms with Crippen molar-refractivity contribution in [3.05, 3.63) is 78.0 Å². The first-order valence-electron chi connectivity index (χ1n) is 8.89. The Hall–Kier alpha value is -3.05. The Balaban J connectivity index is 1.38. The van der Waals surface area contributed by atoms with Crippen LogP contribution in [0.2, 0.25) is 0 Å². The van der Waals surface area contributed by atoms with Crippen molar-refractivity contribution in [2.75, 3.05) is 6.54 Å². The molecule has 1 aliphatic rings. The maximum atomic E-state index is 4.82. The van der Waals surface area contributed by atoms with Crippen molar-refractivity contribution in [1.29, 1.82) is 0 Å². The number of nitrogens with one attached hydrogen (secondary N) is 1. The van der Waals surface area contributed by atoms with Crippen LogP contribution in [0.3, 0.4) is 0 Å². The average molecular weight is 341 g/mol. The Labute approximate surface area is 151 Å². The minimum atomic E-state index is 0.754. The highest BCUT2D eigenvalue weighted by molar-refractivity contribution is 5.80. The van der Waals surface area contributed by atoms with E-state index in [1.54, 1.807) is 6.20 Å². The van der Waals surface area contributed by atoms with Crippen LogP contribution >= 0.6 is 0 Å². The molecular formula is C21H19N5. The van der Waals surface area contributed by atoms with Gasteiger partial charge in [0.05, 0.1) is 5.69 Å². The first kappa shape index (κ1) is 15.2. The molecule has 0 radical (unpaired) electrons. The zero-order valence-electron chi connectivity index (χ0n) is 14.4. The van der Waals surface area contributed by atoms with Crippen LogP contribution in [0.1, 0.15) is 17.0 Å². The number of aromatic nitrogens is 4. The number of aromatic amines is 1. The van der Waals surface area contributed by atoms with Crippen LogP contribution in [-0.4, -0.2) is 31.4 Å². The summed E-state index contributed by atoms with van der Waals surface area (Å²) in [5.74, 6) is 0.754. The Bertz CT molecular complexity index is 1020. The minimum absolute atomic E-state index is 0.754. The summed E-state index contributed by atoms with van der Waals surface area (Å²) < 4.78 is 0. The van der Waals surface area contributed by atoms with Gasteiger partial charge in [0.25, 0.3) is 0 Å². The van der Waals surface area contributed by atoms with Gasteiger partial charge >= 0.3 is 0 Å². The molecule has 0 atom stereocenters. The molecule has 1 aromatic carbocycles. The zero-order valence-corrected chi connectivity index (χ0v) is 14.4. The van der Waals surface area contributed by atoms with Crippen LogP contribution in [0.5, 0.6) is 0 Å². The van der Waals surface area contributed by atoms with E-state index in [1.165, 1.54) is 22.2 Å². The molecule has 1 aliphatic heterocycles. The molecule has 26 heavy (non-hydrogen) atoms. The van der Waals surface area contributed by atoms with E-state index in [-0.39, 0.29) is 0 Å². The van der Waals surface area contributed by atoms with Crippen molar-refractivity contribution in [2.24, 2.45) is 0 Å². The number of hydrogen-bond acceptors (Lipinski definition) is 4. The van der Waals surface area contributed by atoms with Crippen LogP contribution in [-0.2, 0) is 19.5 Å². The Morgan fingerprint density at radius 3 is 2.92 bits per heavy atom. The maximum absolute atomic E-state index is 4.82. The lowest BCUT2D eigenvalue weighted by molar-refractivity contribution is 0.239. The van der Waals surface area contributed by atoms with Crippen LogP contribution in [0.15, 0.2) is 61.1 Å². The zero-order chi connectivity index (χ0) is 17.3. The molecule has 0 unspecified atom stereocenters. The molecule has 4 aromatic rings. The third kappa shape index (κ3) is 2.86. The Morgan fingerprint density at radius 1 is 1.08 bits per heavy atom. The molecule has 0 bridgehead atoms. The van der Waals surface area contributed by atoms with Crippen molar-refractivity contribution in [2.45, 2.75) is 19.5 Å². The van der Waals surface area contributed by atoms with Gasteiger partial charge in [-0.25, -0.2) is 9.97 Å². The van der Waals surface area contributed by atoms with E-state index in [0.717, 1.165) is 43.1 Å². The number of fused-ring (bicyclic) bond motifs is 2. The standard InChI is InChI=1S/C21H19N5/c1-2-6-19-15(4-1)10-18(24-19)13-26-9-7-16-12-23-21(25-20(16)14-26)17-5-3-8-22-11-17/h1-6,8,10-12,24H,7,9,13-14H2. The van der Waals surface area contributed by atoms with Gasteiger partial charge in [0.2, 0.25) is 0 Å². The van der Waals surface area contributed by atoms with Crippen molar-refractivity contribution >= 4 is 10.9 Å². The number of rotatable bonds is 3. The van der Waals surface area contributed by atoms with E-state index in [2.05, 4.69) is 50.2 Å². The molecule has 5 nitrogen and oxygen atoms in total. The second kappa shape index (κ2) is 6.35. The Kier molecular flexibility index (Phi) is 3.72. The summed E-state index contributed by atoms with van der Waals surface area (Å²) in [6.07, 6.45) is 6.55. The number of benzene rings is 1. The van der Waals surface area contributed by atoms with Gasteiger partial charge < -0.3 is 4.98 Å². The van der Waals surface area contributed by atoms with E-state index >= 15 is 0 Å². The molecular weight excluding hydrogens is 322 g/mol. The van der Waals surface area contributed by atoms with Crippen molar-refractivity contribution in [1.82, 2.24) is 24.8 Å². The van der Waals surface area contributed by atoms with E-state index in [4.69, 9.17) is 4.98 Å². The normalized spacial score (nSPS) is 14.5. The van der Waals surface area contributed by atoms with Gasteiger partial charge in [0.1, 0.15) is 0 Å². The molecule has 5 heteroatoms. The summed E-state index contributed by atoms with van der Waals surface area (Å²) >= 11 is 0. The summed E-state index contributed by atoms with van der Waals surface area (Å²) in [5, 5.41) is 1.26. The lowest BCUT2D eigenvalue weighted by Gasteiger charge is -2.27. The second-order valence-electron chi connectivity index (χ2n) is 6.75. The fourth-order valence-electron chi connectivity index (χ4n) is 3.59. The largest absolute Gasteiger partial charge is 0.357 e. The quantitative estimate of drug-likeness (QED) is 0.619. The molecule has 4 heterocycles. The maximum Gasteiger partial charge on any atom is 0.160 e. The van der Waals surface area contributed by atoms with Gasteiger partial charge in [-0.05, 0) is 41.6 Å². The van der Waals surface area contributed by atoms with Gasteiger partial charge in [-0.2, -0.15) is 0 Å². The van der Waals surface area contributed by atoms with Gasteiger partial charge in [-0.3, -0.25) is 9.88 Å². The van der Waals surface area contributed by atoms with Crippen LogP contribution < -0.4 is 0 Å². The van der Waals surface area contributed by atoms with E-state index in [9.17, 15) is 0 Å². The summed E-state index contributed by atoms with van der Waals surface area (Å²) in [6.45, 7) is 2.78. The average Bonchev–Trinajstić information content (AvgIpc) is 3.10. The van der Waals surface area contributed by atoms with Gasteiger partial charge in [0.15, 0.2) is 5.82 Å². The highest BCUT2D eigenvalue weighted by Gasteiger charge is 2.19. The lowest BCUT2D eigenvalue weighted by Crippen LogP contribution is -2.31. The molecule has 0 saturated carbocycles. The molecule has 0 fully saturated rings. The van der Waals surface area contributed by atoms with Crippen molar-refractivity contribution in [3.8, 4) is 11.4 Å². The van der Waals surface area contributed by atoms with Crippen LogP contribution in [0.4, 0.5) is 0 Å². The molecule has 0 spiro atoms. The molecule has 128 valence electrons. The number of nitrogens with zero attached hydrogens (tertiary/aromatic N) is 4. The number of pyridine rings is 1. The van der Waals surface area contributed by atoms with E-state index in [0.29, 0.717) is 0 Å². The predicted molar refractivity (Wildman–Crippen MR) is 101 cm³/mol. The van der Waals surface area contributed by atoms with Crippen LogP contribution in [0, 0.1) is 0 Å².